The predicted octanol–water partition coefficient (Wildman–Crippen LogP) is 5.08. The van der Waals surface area contributed by atoms with Crippen LogP contribution in [0.5, 0.6) is 5.88 Å². The van der Waals surface area contributed by atoms with Gasteiger partial charge in [-0.2, -0.15) is 4.98 Å². The summed E-state index contributed by atoms with van der Waals surface area (Å²) < 4.78 is 7.20. The summed E-state index contributed by atoms with van der Waals surface area (Å²) in [6, 6.07) is 15.9. The van der Waals surface area contributed by atoms with Crippen molar-refractivity contribution in [2.45, 2.75) is 11.4 Å². The topological polar surface area (TPSA) is 59.9 Å². The maximum absolute atomic E-state index is 6.22. The van der Waals surface area contributed by atoms with Crippen LogP contribution in [-0.4, -0.2) is 20.9 Å². The highest BCUT2D eigenvalue weighted by molar-refractivity contribution is 9.10. The molecule has 0 amide bonds. The number of para-hydroxylation sites is 1. The maximum atomic E-state index is 6.22. The van der Waals surface area contributed by atoms with Crippen molar-refractivity contribution >= 4 is 33.4 Å². The predicted molar refractivity (Wildman–Crippen MR) is 107 cm³/mol. The lowest BCUT2D eigenvalue weighted by molar-refractivity contribution is 0.225. The molecule has 0 radical (unpaired) electrons. The van der Waals surface area contributed by atoms with E-state index in [2.05, 4.69) is 43.0 Å². The van der Waals surface area contributed by atoms with E-state index in [-0.39, 0.29) is 6.23 Å². The summed E-state index contributed by atoms with van der Waals surface area (Å²) in [5.41, 5.74) is 3.47. The molecule has 0 fully saturated rings. The first kappa shape index (κ1) is 17.1. The van der Waals surface area contributed by atoms with Gasteiger partial charge in [-0.15, -0.1) is 16.8 Å². The van der Waals surface area contributed by atoms with Crippen molar-refractivity contribution in [3.63, 3.8) is 0 Å². The van der Waals surface area contributed by atoms with Gasteiger partial charge in [0.05, 0.1) is 0 Å². The molecule has 2 heterocycles. The van der Waals surface area contributed by atoms with Gasteiger partial charge in [0.2, 0.25) is 11.0 Å². The van der Waals surface area contributed by atoms with Gasteiger partial charge in [-0.3, -0.25) is 0 Å². The highest BCUT2D eigenvalue weighted by Gasteiger charge is 2.26. The molecule has 2 aromatic carbocycles. The summed E-state index contributed by atoms with van der Waals surface area (Å²) in [5.74, 6) is 1.18. The maximum Gasteiger partial charge on any atom is 0.247 e. The van der Waals surface area contributed by atoms with Crippen LogP contribution in [-0.2, 0) is 0 Å². The number of benzene rings is 2. The number of anilines is 1. The third kappa shape index (κ3) is 3.45. The van der Waals surface area contributed by atoms with Gasteiger partial charge >= 0.3 is 0 Å². The largest absolute Gasteiger partial charge is 0.448 e. The Morgan fingerprint density at radius 3 is 2.92 bits per heavy atom. The molecule has 0 unspecified atom stereocenters. The van der Waals surface area contributed by atoms with Crippen molar-refractivity contribution in [2.24, 2.45) is 0 Å². The SMILES string of the molecule is C=CCSc1nnc2c(n1)O[C@H](c1cccc(Br)c1)Nc1ccccc1-2. The normalized spacial score (nSPS) is 15.0. The third-order valence-corrected chi connectivity index (χ3v) is 5.14. The first-order chi connectivity index (χ1) is 12.7. The molecule has 4 rings (SSSR count). The molecule has 1 N–H and O–H groups in total. The second kappa shape index (κ2) is 7.47. The molecular weight excluding hydrogens is 412 g/mol. The molecule has 0 aliphatic carbocycles. The smallest absolute Gasteiger partial charge is 0.247 e. The van der Waals surface area contributed by atoms with E-state index in [4.69, 9.17) is 4.74 Å². The van der Waals surface area contributed by atoms with E-state index in [9.17, 15) is 0 Å². The van der Waals surface area contributed by atoms with Gasteiger partial charge in [0.25, 0.3) is 0 Å². The Bertz CT molecular complexity index is 966. The van der Waals surface area contributed by atoms with E-state index in [1.807, 2.05) is 54.6 Å². The lowest BCUT2D eigenvalue weighted by Gasteiger charge is -2.19. The van der Waals surface area contributed by atoms with Gasteiger partial charge in [-0.25, -0.2) is 0 Å². The Balaban J connectivity index is 1.80. The lowest BCUT2D eigenvalue weighted by atomic mass is 10.1. The van der Waals surface area contributed by atoms with E-state index in [1.165, 1.54) is 11.8 Å². The number of thioether (sulfide) groups is 1. The van der Waals surface area contributed by atoms with Crippen molar-refractivity contribution < 1.29 is 4.74 Å². The summed E-state index contributed by atoms with van der Waals surface area (Å²) in [6.07, 6.45) is 1.42. The standard InChI is InChI=1S/C19H15BrN4OS/c1-2-10-26-19-22-18-16(23-24-19)14-8-3-4-9-15(14)21-17(25-18)12-6-5-7-13(20)11-12/h2-9,11,17,21H,1,10H2/t17-/m1/s1. The molecular formula is C19H15BrN4OS. The molecule has 1 aliphatic heterocycles. The Morgan fingerprint density at radius 2 is 2.08 bits per heavy atom. The van der Waals surface area contributed by atoms with Crippen LogP contribution in [0.1, 0.15) is 11.8 Å². The van der Waals surface area contributed by atoms with Crippen LogP contribution in [0.25, 0.3) is 11.3 Å². The number of rotatable bonds is 4. The lowest BCUT2D eigenvalue weighted by Crippen LogP contribution is -2.17. The minimum absolute atomic E-state index is 0.385. The van der Waals surface area contributed by atoms with Crippen LogP contribution in [0.15, 0.2) is 70.8 Å². The Morgan fingerprint density at radius 1 is 1.19 bits per heavy atom. The molecule has 26 heavy (non-hydrogen) atoms. The molecule has 0 spiro atoms. The Hall–Kier alpha value is -2.38. The molecule has 0 saturated heterocycles. The van der Waals surface area contributed by atoms with Crippen LogP contribution in [0.3, 0.4) is 0 Å². The van der Waals surface area contributed by atoms with Gasteiger partial charge in [0.1, 0.15) is 0 Å². The van der Waals surface area contributed by atoms with Crippen LogP contribution in [0.2, 0.25) is 0 Å². The van der Waals surface area contributed by atoms with Crippen molar-refractivity contribution in [1.82, 2.24) is 15.2 Å². The molecule has 7 heteroatoms. The van der Waals surface area contributed by atoms with Crippen molar-refractivity contribution in [2.75, 3.05) is 11.1 Å². The van der Waals surface area contributed by atoms with Crippen LogP contribution in [0.4, 0.5) is 5.69 Å². The average Bonchev–Trinajstić information content (AvgIpc) is 2.83. The minimum atomic E-state index is -0.385. The Kier molecular flexibility index (Phi) is 4.90. The summed E-state index contributed by atoms with van der Waals surface area (Å²) in [6.45, 7) is 3.73. The molecule has 3 aromatic rings. The van der Waals surface area contributed by atoms with E-state index < -0.39 is 0 Å². The Labute approximate surface area is 164 Å². The molecule has 0 bridgehead atoms. The zero-order chi connectivity index (χ0) is 17.9. The monoisotopic (exact) mass is 426 g/mol. The number of hydrogen-bond acceptors (Lipinski definition) is 6. The van der Waals surface area contributed by atoms with Crippen molar-refractivity contribution in [3.05, 3.63) is 71.2 Å². The molecule has 1 atom stereocenters. The molecule has 1 aliphatic rings. The van der Waals surface area contributed by atoms with Gasteiger partial charge < -0.3 is 10.1 Å². The summed E-state index contributed by atoms with van der Waals surface area (Å²) in [4.78, 5) is 4.58. The zero-order valence-corrected chi connectivity index (χ0v) is 16.1. The first-order valence-corrected chi connectivity index (χ1v) is 9.79. The number of nitrogens with one attached hydrogen (secondary N) is 1. The fourth-order valence-electron chi connectivity index (χ4n) is 2.66. The van der Waals surface area contributed by atoms with E-state index in [0.29, 0.717) is 22.5 Å². The number of aromatic nitrogens is 3. The van der Waals surface area contributed by atoms with Gasteiger partial charge in [-0.1, -0.05) is 64.1 Å². The molecule has 5 nitrogen and oxygen atoms in total. The average molecular weight is 427 g/mol. The molecule has 130 valence electrons. The quantitative estimate of drug-likeness (QED) is 0.463. The van der Waals surface area contributed by atoms with E-state index in [0.717, 1.165) is 21.3 Å². The highest BCUT2D eigenvalue weighted by Crippen LogP contribution is 2.39. The summed E-state index contributed by atoms with van der Waals surface area (Å²) in [5, 5.41) is 12.6. The zero-order valence-electron chi connectivity index (χ0n) is 13.7. The van der Waals surface area contributed by atoms with Crippen LogP contribution in [0, 0.1) is 0 Å². The van der Waals surface area contributed by atoms with E-state index >= 15 is 0 Å². The first-order valence-electron chi connectivity index (χ1n) is 8.01. The van der Waals surface area contributed by atoms with Crippen LogP contribution >= 0.6 is 27.7 Å². The fourth-order valence-corrected chi connectivity index (χ4v) is 3.59. The summed E-state index contributed by atoms with van der Waals surface area (Å²) >= 11 is 4.99. The van der Waals surface area contributed by atoms with Crippen LogP contribution < -0.4 is 10.1 Å². The number of nitrogens with zero attached hydrogens (tertiary/aromatic N) is 3. The van der Waals surface area contributed by atoms with Gasteiger partial charge in [0, 0.05) is 27.0 Å². The number of ether oxygens (including phenoxy) is 1. The highest BCUT2D eigenvalue weighted by atomic mass is 79.9. The minimum Gasteiger partial charge on any atom is -0.448 e. The fraction of sp³-hybridized carbons (Fsp3) is 0.105. The summed E-state index contributed by atoms with van der Waals surface area (Å²) in [7, 11) is 0. The second-order valence-corrected chi connectivity index (χ2v) is 7.49. The third-order valence-electron chi connectivity index (χ3n) is 3.82. The number of hydrogen-bond donors (Lipinski definition) is 1. The number of halogens is 1. The van der Waals surface area contributed by atoms with Gasteiger partial charge in [-0.05, 0) is 18.2 Å². The molecule has 0 saturated carbocycles. The van der Waals surface area contributed by atoms with Gasteiger partial charge in [0.15, 0.2) is 11.9 Å². The van der Waals surface area contributed by atoms with Crippen molar-refractivity contribution in [3.8, 4) is 17.1 Å². The van der Waals surface area contributed by atoms with E-state index in [1.54, 1.807) is 0 Å². The number of fused-ring (bicyclic) bond motifs is 3. The second-order valence-electron chi connectivity index (χ2n) is 5.59. The molecule has 1 aromatic heterocycles. The van der Waals surface area contributed by atoms with Crippen molar-refractivity contribution in [1.29, 1.82) is 0 Å².